The molecule has 35 heavy (non-hydrogen) atoms. The monoisotopic (exact) mass is 530 g/mol. The summed E-state index contributed by atoms with van der Waals surface area (Å²) in [7, 11) is -3.58. The van der Waals surface area contributed by atoms with E-state index in [-0.39, 0.29) is 28.8 Å². The number of sulfone groups is 1. The Morgan fingerprint density at radius 1 is 1.34 bits per heavy atom. The van der Waals surface area contributed by atoms with Gasteiger partial charge in [-0.25, -0.2) is 13.4 Å². The number of pyridine rings is 1. The van der Waals surface area contributed by atoms with Gasteiger partial charge in [-0.15, -0.1) is 0 Å². The van der Waals surface area contributed by atoms with Gasteiger partial charge in [-0.2, -0.15) is 8.78 Å². The van der Waals surface area contributed by atoms with Crippen LogP contribution >= 0.6 is 11.6 Å². The van der Waals surface area contributed by atoms with Crippen molar-refractivity contribution in [2.75, 3.05) is 24.7 Å². The first-order chi connectivity index (χ1) is 16.4. The Balaban J connectivity index is 1.70. The van der Waals surface area contributed by atoms with E-state index < -0.39 is 51.8 Å². The lowest BCUT2D eigenvalue weighted by Gasteiger charge is -2.28. The third-order valence-corrected chi connectivity index (χ3v) is 6.28. The molecule has 0 bridgehead atoms. The Morgan fingerprint density at radius 2 is 2.09 bits per heavy atom. The van der Waals surface area contributed by atoms with Gasteiger partial charge in [-0.3, -0.25) is 29.4 Å². The maximum absolute atomic E-state index is 14.5. The fourth-order valence-electron chi connectivity index (χ4n) is 3.11. The smallest absolute Gasteiger partial charge is 0.306 e. The zero-order valence-electron chi connectivity index (χ0n) is 18.3. The first-order valence-electron chi connectivity index (χ1n) is 10.0. The number of hydrogen-bond donors (Lipinski definition) is 3. The molecule has 3 heterocycles. The summed E-state index contributed by atoms with van der Waals surface area (Å²) in [4.78, 5) is 32.7. The number of aromatic nitrogens is 3. The Morgan fingerprint density at radius 3 is 2.77 bits per heavy atom. The first-order valence-corrected chi connectivity index (χ1v) is 12.3. The van der Waals surface area contributed by atoms with E-state index in [9.17, 15) is 32.0 Å². The predicted octanol–water partition coefficient (Wildman–Crippen LogP) is 1.20. The second kappa shape index (κ2) is 10.5. The lowest BCUT2D eigenvalue weighted by Crippen LogP contribution is -2.40. The van der Waals surface area contributed by atoms with Crippen molar-refractivity contribution < 1.29 is 27.2 Å². The molecule has 0 spiro atoms. The number of alkyl halides is 2. The molecule has 0 unspecified atom stereocenters. The van der Waals surface area contributed by atoms with E-state index in [1.165, 1.54) is 30.5 Å². The molecule has 0 radical (unpaired) electrons. The molecule has 1 aliphatic heterocycles. The number of anilines is 1. The number of hydroxylamine groups is 2. The maximum atomic E-state index is 14.5. The second-order valence-corrected chi connectivity index (χ2v) is 9.81. The highest BCUT2D eigenvalue weighted by Gasteiger charge is 2.38. The van der Waals surface area contributed by atoms with Gasteiger partial charge in [0.25, 0.3) is 5.56 Å². The van der Waals surface area contributed by atoms with E-state index in [1.807, 2.05) is 0 Å². The maximum Gasteiger partial charge on any atom is 0.306 e. The number of rotatable bonds is 9. The zero-order chi connectivity index (χ0) is 25.8. The zero-order valence-corrected chi connectivity index (χ0v) is 19.9. The second-order valence-electron chi connectivity index (χ2n) is 7.44. The number of allylic oxidation sites excluding steroid dienone is 2. The highest BCUT2D eigenvalue weighted by atomic mass is 35.5. The van der Waals surface area contributed by atoms with Crippen LogP contribution in [-0.2, 0) is 27.7 Å². The Bertz CT molecular complexity index is 1350. The fraction of sp³-hybridized carbons (Fsp3) is 0.300. The van der Waals surface area contributed by atoms with Crippen LogP contribution in [0.25, 0.3) is 0 Å². The average Bonchev–Trinajstić information content (AvgIpc) is 2.79. The number of carbonyl (C=O) groups excluding carboxylic acids is 1. The molecule has 1 aliphatic rings. The van der Waals surface area contributed by atoms with Crippen molar-refractivity contribution in [2.45, 2.75) is 23.9 Å². The molecule has 2 aromatic heterocycles. The third-order valence-electron chi connectivity index (χ3n) is 4.81. The van der Waals surface area contributed by atoms with E-state index in [2.05, 4.69) is 20.6 Å². The molecule has 3 rings (SSSR count). The minimum absolute atomic E-state index is 0.0585. The summed E-state index contributed by atoms with van der Waals surface area (Å²) in [6.07, 6.45) is 7.27. The van der Waals surface area contributed by atoms with E-state index in [0.29, 0.717) is 5.06 Å². The minimum atomic E-state index is -3.58. The van der Waals surface area contributed by atoms with Crippen molar-refractivity contribution in [2.24, 2.45) is 0 Å². The molecule has 15 heteroatoms. The van der Waals surface area contributed by atoms with Gasteiger partial charge in [0.2, 0.25) is 5.91 Å². The van der Waals surface area contributed by atoms with Gasteiger partial charge in [-0.05, 0) is 18.2 Å². The molecule has 0 aromatic carbocycles. The summed E-state index contributed by atoms with van der Waals surface area (Å²) in [5.41, 5.74) is -1.49. The van der Waals surface area contributed by atoms with Crippen LogP contribution in [0.15, 0.2) is 58.1 Å². The average molecular weight is 531 g/mol. The summed E-state index contributed by atoms with van der Waals surface area (Å²) in [5, 5.41) is 14.5. The van der Waals surface area contributed by atoms with Crippen LogP contribution in [0.5, 0.6) is 0 Å². The van der Waals surface area contributed by atoms with Gasteiger partial charge in [0.1, 0.15) is 17.4 Å². The molecule has 0 saturated heterocycles. The summed E-state index contributed by atoms with van der Waals surface area (Å²) in [6, 6.07) is 2.78. The van der Waals surface area contributed by atoms with Gasteiger partial charge in [-0.1, -0.05) is 23.8 Å². The largest absolute Gasteiger partial charge is 0.359 e. The van der Waals surface area contributed by atoms with E-state index in [0.717, 1.165) is 23.1 Å². The molecule has 0 fully saturated rings. The molecule has 188 valence electrons. The predicted molar refractivity (Wildman–Crippen MR) is 122 cm³/mol. The lowest BCUT2D eigenvalue weighted by molar-refractivity contribution is -0.121. The lowest BCUT2D eigenvalue weighted by atomic mass is 10.1. The Kier molecular flexibility index (Phi) is 7.87. The summed E-state index contributed by atoms with van der Waals surface area (Å²) >= 11 is 5.98. The number of amides is 1. The van der Waals surface area contributed by atoms with Crippen molar-refractivity contribution in [1.82, 2.24) is 24.9 Å². The molecular weight excluding hydrogens is 510 g/mol. The molecule has 0 saturated carbocycles. The standard InChI is InChI=1S/C20H21ClF2N6O5S/c1-35(33,34)14-5-4-7-24-13(14)9-25-17(30)11-28-16(21)10-26-18(19(28)31)27-12-20(22,23)15-6-2-3-8-29(15)32/h2-7,10,32H,8-9,11-12H2,1H3,(H,25,30)(H,26,27). The van der Waals surface area contributed by atoms with Gasteiger partial charge in [0, 0.05) is 12.5 Å². The van der Waals surface area contributed by atoms with Crippen LogP contribution in [0.3, 0.4) is 0 Å². The Labute approximate surface area is 203 Å². The first kappa shape index (κ1) is 26.2. The number of halogens is 3. The molecule has 2 aromatic rings. The molecular formula is C20H21ClF2N6O5S. The molecule has 3 N–H and O–H groups in total. The van der Waals surface area contributed by atoms with E-state index >= 15 is 0 Å². The summed E-state index contributed by atoms with van der Waals surface area (Å²) in [5.74, 6) is -4.74. The van der Waals surface area contributed by atoms with Gasteiger partial charge < -0.3 is 10.6 Å². The number of carbonyl (C=O) groups is 1. The van der Waals surface area contributed by atoms with E-state index in [1.54, 1.807) is 0 Å². The molecule has 11 nitrogen and oxygen atoms in total. The fourth-order valence-corrected chi connectivity index (χ4v) is 4.18. The van der Waals surface area contributed by atoms with Crippen molar-refractivity contribution in [1.29, 1.82) is 0 Å². The highest BCUT2D eigenvalue weighted by Crippen LogP contribution is 2.28. The van der Waals surface area contributed by atoms with Crippen LogP contribution in [0.1, 0.15) is 5.69 Å². The minimum Gasteiger partial charge on any atom is -0.359 e. The van der Waals surface area contributed by atoms with Crippen molar-refractivity contribution >= 4 is 33.2 Å². The van der Waals surface area contributed by atoms with Crippen LogP contribution in [0, 0.1) is 0 Å². The summed E-state index contributed by atoms with van der Waals surface area (Å²) < 4.78 is 53.5. The highest BCUT2D eigenvalue weighted by molar-refractivity contribution is 7.90. The van der Waals surface area contributed by atoms with Gasteiger partial charge in [0.15, 0.2) is 15.7 Å². The third kappa shape index (κ3) is 6.41. The van der Waals surface area contributed by atoms with E-state index in [4.69, 9.17) is 11.6 Å². The van der Waals surface area contributed by atoms with Gasteiger partial charge in [0.05, 0.1) is 36.4 Å². The normalized spacial score (nSPS) is 14.0. The van der Waals surface area contributed by atoms with Crippen LogP contribution in [-0.4, -0.2) is 64.4 Å². The van der Waals surface area contributed by atoms with Crippen LogP contribution in [0.4, 0.5) is 14.6 Å². The van der Waals surface area contributed by atoms with Crippen LogP contribution in [0.2, 0.25) is 5.15 Å². The topological polar surface area (TPSA) is 147 Å². The molecule has 1 amide bonds. The molecule has 0 aliphatic carbocycles. The quantitative estimate of drug-likeness (QED) is 0.435. The Hall–Kier alpha value is -3.36. The van der Waals surface area contributed by atoms with Crippen molar-refractivity contribution in [3.63, 3.8) is 0 Å². The van der Waals surface area contributed by atoms with Crippen LogP contribution < -0.4 is 16.2 Å². The van der Waals surface area contributed by atoms with Crippen molar-refractivity contribution in [3.05, 3.63) is 69.7 Å². The summed E-state index contributed by atoms with van der Waals surface area (Å²) in [6.45, 7) is -2.01. The molecule has 0 atom stereocenters. The SMILES string of the molecule is CS(=O)(=O)c1cccnc1CNC(=O)Cn1c(Cl)cnc(NCC(F)(F)C2=CC=CCN2O)c1=O. The van der Waals surface area contributed by atoms with Gasteiger partial charge >= 0.3 is 5.92 Å². The number of nitrogens with one attached hydrogen (secondary N) is 2. The number of nitrogens with zero attached hydrogens (tertiary/aromatic N) is 4. The van der Waals surface area contributed by atoms with Crippen molar-refractivity contribution in [3.8, 4) is 0 Å². The number of hydrogen-bond acceptors (Lipinski definition) is 9.